The minimum atomic E-state index is -3.74. The smallest absolute Gasteiger partial charge is 0.233 e. The summed E-state index contributed by atoms with van der Waals surface area (Å²) in [6.45, 7) is 0. The number of hydrogen-bond donors (Lipinski definition) is 1. The van der Waals surface area contributed by atoms with E-state index in [9.17, 15) is 26.8 Å². The van der Waals surface area contributed by atoms with Crippen LogP contribution in [0.4, 0.5) is 13.9 Å². The highest BCUT2D eigenvalue weighted by molar-refractivity contribution is 7.90. The number of rotatable bonds is 6. The van der Waals surface area contributed by atoms with Crippen LogP contribution >= 0.6 is 11.3 Å². The summed E-state index contributed by atoms with van der Waals surface area (Å²) in [5, 5.41) is 2.03. The topological polar surface area (TPSA) is 93.2 Å². The summed E-state index contributed by atoms with van der Waals surface area (Å²) in [7, 11) is -3.74. The first-order valence-corrected chi connectivity index (χ1v) is 11.3. The minimum Gasteiger partial charge on any atom is -0.301 e. The molecule has 0 aliphatic heterocycles. The predicted molar refractivity (Wildman–Crippen MR) is 99.9 cm³/mol. The van der Waals surface area contributed by atoms with E-state index in [1.807, 2.05) is 0 Å². The van der Waals surface area contributed by atoms with Crippen LogP contribution < -0.4 is 5.32 Å². The standard InChI is InChI=1S/C18H18F2N2O4S2/c1-28(25,26)15-5-3-11(8-14(15)19)13(7-10-2-4-12(23)6-10)17(24)22-18-21-9-16(20)27-18/h3,5,8-10,13H,2,4,6-7H2,1H3,(H,21,22,24)/t10?,13-/m1/s1. The summed E-state index contributed by atoms with van der Waals surface area (Å²) in [6, 6.07) is 3.55. The molecule has 1 aromatic heterocycles. The summed E-state index contributed by atoms with van der Waals surface area (Å²) in [5.74, 6) is -2.20. The number of halogens is 2. The van der Waals surface area contributed by atoms with Gasteiger partial charge in [0.25, 0.3) is 0 Å². The lowest BCUT2D eigenvalue weighted by atomic mass is 9.87. The summed E-state index contributed by atoms with van der Waals surface area (Å²) in [6.07, 6.45) is 3.60. The average molecular weight is 428 g/mol. The molecule has 1 amide bonds. The van der Waals surface area contributed by atoms with Gasteiger partial charge in [-0.1, -0.05) is 17.4 Å². The van der Waals surface area contributed by atoms with Crippen LogP contribution in [-0.4, -0.2) is 31.3 Å². The van der Waals surface area contributed by atoms with E-state index in [0.717, 1.165) is 24.6 Å². The van der Waals surface area contributed by atoms with Crippen LogP contribution in [0.25, 0.3) is 0 Å². The van der Waals surface area contributed by atoms with E-state index < -0.39 is 37.5 Å². The molecule has 1 heterocycles. The number of sulfone groups is 1. The first-order valence-electron chi connectivity index (χ1n) is 8.57. The van der Waals surface area contributed by atoms with Gasteiger partial charge < -0.3 is 5.32 Å². The van der Waals surface area contributed by atoms with Crippen molar-refractivity contribution in [2.45, 2.75) is 36.5 Å². The molecule has 3 rings (SSSR count). The van der Waals surface area contributed by atoms with Gasteiger partial charge in [0.1, 0.15) is 16.5 Å². The molecule has 1 saturated carbocycles. The van der Waals surface area contributed by atoms with Gasteiger partial charge in [0.05, 0.1) is 12.1 Å². The molecule has 0 radical (unpaired) electrons. The Morgan fingerprint density at radius 3 is 2.68 bits per heavy atom. The molecule has 2 atom stereocenters. The van der Waals surface area contributed by atoms with Gasteiger partial charge in [0, 0.05) is 19.1 Å². The van der Waals surface area contributed by atoms with Gasteiger partial charge in [-0.25, -0.2) is 17.8 Å². The van der Waals surface area contributed by atoms with Crippen molar-refractivity contribution in [1.29, 1.82) is 0 Å². The van der Waals surface area contributed by atoms with Crippen molar-refractivity contribution in [2.75, 3.05) is 11.6 Å². The number of ketones is 1. The number of Topliss-reactive ketones (excluding diaryl/α,β-unsaturated/α-hetero) is 1. The third kappa shape index (κ3) is 4.79. The Hall–Kier alpha value is -2.20. The molecule has 28 heavy (non-hydrogen) atoms. The van der Waals surface area contributed by atoms with E-state index >= 15 is 0 Å². The Bertz CT molecular complexity index is 1020. The van der Waals surface area contributed by atoms with Gasteiger partial charge in [0.15, 0.2) is 20.1 Å². The van der Waals surface area contributed by atoms with E-state index in [1.54, 1.807) is 0 Å². The van der Waals surface area contributed by atoms with Crippen LogP contribution in [0.1, 0.15) is 37.2 Å². The molecular formula is C18H18F2N2O4S2. The van der Waals surface area contributed by atoms with Gasteiger partial charge in [-0.3, -0.25) is 9.59 Å². The molecule has 1 N–H and O–H groups in total. The van der Waals surface area contributed by atoms with Crippen LogP contribution in [0.5, 0.6) is 0 Å². The second-order valence-corrected chi connectivity index (χ2v) is 9.82. The Morgan fingerprint density at radius 2 is 2.14 bits per heavy atom. The zero-order valence-corrected chi connectivity index (χ0v) is 16.6. The van der Waals surface area contributed by atoms with E-state index in [-0.39, 0.29) is 16.8 Å². The Morgan fingerprint density at radius 1 is 1.39 bits per heavy atom. The summed E-state index contributed by atoms with van der Waals surface area (Å²) in [5.41, 5.74) is 0.291. The van der Waals surface area contributed by atoms with Gasteiger partial charge in [-0.05, 0) is 36.5 Å². The lowest BCUT2D eigenvalue weighted by molar-refractivity contribution is -0.119. The summed E-state index contributed by atoms with van der Waals surface area (Å²) < 4.78 is 50.7. The SMILES string of the molecule is CS(=O)(=O)c1ccc([C@@H](CC2CCC(=O)C2)C(=O)Nc2ncc(F)s2)cc1F. The van der Waals surface area contributed by atoms with Crippen LogP contribution in [0, 0.1) is 16.9 Å². The molecule has 10 heteroatoms. The number of amides is 1. The first-order chi connectivity index (χ1) is 13.1. The maximum absolute atomic E-state index is 14.4. The largest absolute Gasteiger partial charge is 0.301 e. The van der Waals surface area contributed by atoms with Gasteiger partial charge in [-0.15, -0.1) is 0 Å². The average Bonchev–Trinajstić information content (AvgIpc) is 3.19. The van der Waals surface area contributed by atoms with E-state index in [1.165, 1.54) is 6.07 Å². The minimum absolute atomic E-state index is 0.0334. The Kier molecular flexibility index (Phi) is 5.90. The van der Waals surface area contributed by atoms with Crippen molar-refractivity contribution in [2.24, 2.45) is 5.92 Å². The molecule has 0 bridgehead atoms. The number of hydrogen-bond acceptors (Lipinski definition) is 6. The highest BCUT2D eigenvalue weighted by Gasteiger charge is 2.31. The second-order valence-electron chi connectivity index (χ2n) is 6.86. The summed E-state index contributed by atoms with van der Waals surface area (Å²) >= 11 is 0.664. The van der Waals surface area contributed by atoms with Crippen LogP contribution in [0.2, 0.25) is 0 Å². The van der Waals surface area contributed by atoms with Gasteiger partial charge >= 0.3 is 0 Å². The molecule has 0 spiro atoms. The van der Waals surface area contributed by atoms with Crippen LogP contribution in [0.15, 0.2) is 29.3 Å². The van der Waals surface area contributed by atoms with Gasteiger partial charge in [-0.2, -0.15) is 4.39 Å². The van der Waals surface area contributed by atoms with E-state index in [2.05, 4.69) is 10.3 Å². The fourth-order valence-electron chi connectivity index (χ4n) is 3.36. The number of carbonyl (C=O) groups is 2. The highest BCUT2D eigenvalue weighted by Crippen LogP contribution is 2.34. The number of thiazole rings is 1. The lowest BCUT2D eigenvalue weighted by Crippen LogP contribution is -2.23. The quantitative estimate of drug-likeness (QED) is 0.762. The monoisotopic (exact) mass is 428 g/mol. The molecule has 2 aromatic rings. The maximum atomic E-state index is 14.4. The van der Waals surface area contributed by atoms with Crippen molar-refractivity contribution >= 4 is 38.0 Å². The maximum Gasteiger partial charge on any atom is 0.233 e. The number of benzene rings is 1. The zero-order valence-electron chi connectivity index (χ0n) is 14.9. The predicted octanol–water partition coefficient (Wildman–Crippen LogP) is 3.31. The zero-order chi connectivity index (χ0) is 20.5. The third-order valence-electron chi connectivity index (χ3n) is 4.70. The molecular weight excluding hydrogens is 410 g/mol. The normalized spacial score (nSPS) is 18.2. The number of nitrogens with one attached hydrogen (secondary N) is 1. The third-order valence-corrected chi connectivity index (χ3v) is 6.53. The van der Waals surface area contributed by atoms with E-state index in [0.29, 0.717) is 42.6 Å². The Labute approximate surface area is 164 Å². The number of anilines is 1. The van der Waals surface area contributed by atoms with Crippen molar-refractivity contribution in [1.82, 2.24) is 4.98 Å². The molecule has 0 saturated heterocycles. The molecule has 150 valence electrons. The van der Waals surface area contributed by atoms with Crippen LogP contribution in [-0.2, 0) is 19.4 Å². The summed E-state index contributed by atoms with van der Waals surface area (Å²) in [4.78, 5) is 27.7. The number of carbonyl (C=O) groups excluding carboxylic acids is 2. The van der Waals surface area contributed by atoms with Crippen molar-refractivity contribution in [3.05, 3.63) is 40.9 Å². The van der Waals surface area contributed by atoms with Gasteiger partial charge in [0.2, 0.25) is 5.91 Å². The lowest BCUT2D eigenvalue weighted by Gasteiger charge is -2.20. The number of nitrogens with zero attached hydrogens (tertiary/aromatic N) is 1. The van der Waals surface area contributed by atoms with E-state index in [4.69, 9.17) is 0 Å². The van der Waals surface area contributed by atoms with Crippen molar-refractivity contribution < 1.29 is 26.8 Å². The highest BCUT2D eigenvalue weighted by atomic mass is 32.2. The van der Waals surface area contributed by atoms with Crippen LogP contribution in [0.3, 0.4) is 0 Å². The number of aromatic nitrogens is 1. The van der Waals surface area contributed by atoms with Crippen molar-refractivity contribution in [3.8, 4) is 0 Å². The van der Waals surface area contributed by atoms with Crippen molar-refractivity contribution in [3.63, 3.8) is 0 Å². The first kappa shape index (κ1) is 20.5. The molecule has 1 aromatic carbocycles. The Balaban J connectivity index is 1.90. The molecule has 6 nitrogen and oxygen atoms in total. The molecule has 1 fully saturated rings. The fraction of sp³-hybridized carbons (Fsp3) is 0.389. The molecule has 1 aliphatic rings. The second kappa shape index (κ2) is 8.04. The molecule has 1 aliphatic carbocycles. The fourth-order valence-corrected chi connectivity index (χ4v) is 4.64. The molecule has 1 unspecified atom stereocenters.